The lowest BCUT2D eigenvalue weighted by Crippen LogP contribution is -2.43. The van der Waals surface area contributed by atoms with E-state index >= 15 is 0 Å². The lowest BCUT2D eigenvalue weighted by molar-refractivity contribution is 0.412. The number of benzene rings is 3. The van der Waals surface area contributed by atoms with E-state index in [0.29, 0.717) is 5.92 Å². The molecule has 5 rings (SSSR count). The summed E-state index contributed by atoms with van der Waals surface area (Å²) in [6.45, 7) is 4.37. The highest BCUT2D eigenvalue weighted by atomic mass is 15.3. The van der Waals surface area contributed by atoms with Crippen LogP contribution in [0.2, 0.25) is 0 Å². The third kappa shape index (κ3) is 2.16. The Kier molecular flexibility index (Phi) is 3.54. The molecule has 0 radical (unpaired) electrons. The molecular weight excluding hydrogens is 328 g/mol. The van der Waals surface area contributed by atoms with Crippen molar-refractivity contribution in [1.82, 2.24) is 9.78 Å². The summed E-state index contributed by atoms with van der Waals surface area (Å²) in [5, 5.41) is 5.02. The molecule has 0 bridgehead atoms. The van der Waals surface area contributed by atoms with Gasteiger partial charge in [-0.3, -0.25) is 0 Å². The maximum atomic E-state index is 5.02. The van der Waals surface area contributed by atoms with Gasteiger partial charge in [0.1, 0.15) is 5.54 Å². The van der Waals surface area contributed by atoms with Crippen molar-refractivity contribution in [2.45, 2.75) is 25.3 Å². The fraction of sp³-hybridized carbons (Fsp3) is 0.160. The molecule has 0 saturated heterocycles. The molecule has 0 spiro atoms. The number of nitrogens with zero attached hydrogens (tertiary/aromatic N) is 2. The highest BCUT2D eigenvalue weighted by Crippen LogP contribution is 2.49. The number of hydrogen-bond acceptors (Lipinski definition) is 1. The lowest BCUT2D eigenvalue weighted by atomic mass is 9.70. The van der Waals surface area contributed by atoms with Crippen molar-refractivity contribution < 1.29 is 0 Å². The van der Waals surface area contributed by atoms with Gasteiger partial charge in [0.2, 0.25) is 0 Å². The molecule has 4 aromatic rings. The summed E-state index contributed by atoms with van der Waals surface area (Å²) in [6, 6.07) is 32.6. The summed E-state index contributed by atoms with van der Waals surface area (Å²) in [5.41, 5.74) is 7.01. The van der Waals surface area contributed by atoms with E-state index in [9.17, 15) is 0 Å². The Morgan fingerprint density at radius 2 is 1.33 bits per heavy atom. The minimum Gasteiger partial charge on any atom is -0.249 e. The number of aromatic nitrogens is 2. The molecule has 1 aliphatic rings. The van der Waals surface area contributed by atoms with E-state index in [-0.39, 0.29) is 0 Å². The van der Waals surface area contributed by atoms with Crippen LogP contribution < -0.4 is 0 Å². The molecular formula is C25H22N2. The van der Waals surface area contributed by atoms with Crippen molar-refractivity contribution in [3.8, 4) is 0 Å². The molecule has 2 nitrogen and oxygen atoms in total. The topological polar surface area (TPSA) is 17.8 Å². The molecule has 0 amide bonds. The minimum absolute atomic E-state index is 0.308. The van der Waals surface area contributed by atoms with Crippen LogP contribution in [0.4, 0.5) is 0 Å². The average molecular weight is 350 g/mol. The predicted octanol–water partition coefficient (Wildman–Crippen LogP) is 5.50. The van der Waals surface area contributed by atoms with Gasteiger partial charge in [-0.2, -0.15) is 5.10 Å². The van der Waals surface area contributed by atoms with E-state index in [4.69, 9.17) is 5.10 Å². The van der Waals surface area contributed by atoms with Gasteiger partial charge in [0.25, 0.3) is 0 Å². The first-order chi connectivity index (χ1) is 13.2. The van der Waals surface area contributed by atoms with Crippen molar-refractivity contribution in [3.63, 3.8) is 0 Å². The minimum atomic E-state index is -0.463. The van der Waals surface area contributed by atoms with Gasteiger partial charge in [-0.15, -0.1) is 0 Å². The van der Waals surface area contributed by atoms with E-state index in [1.807, 2.05) is 0 Å². The lowest BCUT2D eigenvalue weighted by Gasteiger charge is -2.43. The van der Waals surface area contributed by atoms with E-state index < -0.39 is 5.54 Å². The molecule has 0 N–H and O–H groups in total. The molecule has 0 aliphatic carbocycles. The fourth-order valence-electron chi connectivity index (χ4n) is 4.66. The molecule has 27 heavy (non-hydrogen) atoms. The van der Waals surface area contributed by atoms with Crippen molar-refractivity contribution in [2.75, 3.05) is 0 Å². The van der Waals surface area contributed by atoms with Crippen LogP contribution >= 0.6 is 0 Å². The number of aryl methyl sites for hydroxylation is 1. The second-order valence-corrected chi connectivity index (χ2v) is 7.37. The van der Waals surface area contributed by atoms with Crippen LogP contribution in [0, 0.1) is 6.92 Å². The molecule has 1 unspecified atom stereocenters. The Hall–Kier alpha value is -3.13. The number of hydrogen-bond donors (Lipinski definition) is 0. The molecule has 1 aromatic heterocycles. The zero-order valence-corrected chi connectivity index (χ0v) is 15.6. The van der Waals surface area contributed by atoms with E-state index in [2.05, 4.69) is 110 Å². The molecule has 0 saturated carbocycles. The van der Waals surface area contributed by atoms with E-state index in [1.165, 1.54) is 27.9 Å². The second kappa shape index (κ2) is 5.95. The molecule has 2 heteroatoms. The van der Waals surface area contributed by atoms with Crippen LogP contribution in [0.15, 0.2) is 91.0 Å². The van der Waals surface area contributed by atoms with Crippen LogP contribution in [0.25, 0.3) is 0 Å². The number of rotatable bonds is 2. The van der Waals surface area contributed by atoms with Crippen LogP contribution in [0.1, 0.15) is 46.5 Å². The molecule has 1 atom stereocenters. The zero-order chi connectivity index (χ0) is 18.4. The van der Waals surface area contributed by atoms with E-state index in [1.54, 1.807) is 0 Å². The van der Waals surface area contributed by atoms with Gasteiger partial charge in [-0.1, -0.05) is 91.9 Å². The molecule has 132 valence electrons. The molecule has 1 aliphatic heterocycles. The normalized spacial score (nSPS) is 17.2. The van der Waals surface area contributed by atoms with Crippen molar-refractivity contribution in [2.24, 2.45) is 0 Å². The maximum absolute atomic E-state index is 5.02. The summed E-state index contributed by atoms with van der Waals surface area (Å²) in [6.07, 6.45) is 0. The largest absolute Gasteiger partial charge is 0.249 e. The Morgan fingerprint density at radius 3 is 1.96 bits per heavy atom. The van der Waals surface area contributed by atoms with Gasteiger partial charge in [-0.05, 0) is 35.2 Å². The summed E-state index contributed by atoms with van der Waals surface area (Å²) >= 11 is 0. The van der Waals surface area contributed by atoms with Crippen LogP contribution in [0.5, 0.6) is 0 Å². The van der Waals surface area contributed by atoms with Crippen LogP contribution in [-0.2, 0) is 5.54 Å². The zero-order valence-electron chi connectivity index (χ0n) is 15.6. The summed E-state index contributed by atoms with van der Waals surface area (Å²) in [7, 11) is 0. The van der Waals surface area contributed by atoms with Crippen molar-refractivity contribution in [3.05, 3.63) is 125 Å². The Bertz CT molecular complexity index is 1050. The summed E-state index contributed by atoms with van der Waals surface area (Å²) < 4.78 is 2.26. The smallest absolute Gasteiger partial charge is 0.138 e. The SMILES string of the molecule is Cc1cc2n(n1)C(c1ccccc1)(c1ccccc1)c1ccccc1C2C. The van der Waals surface area contributed by atoms with Gasteiger partial charge in [-0.25, -0.2) is 4.68 Å². The number of fused-ring (bicyclic) bond motifs is 2. The summed E-state index contributed by atoms with van der Waals surface area (Å²) in [5.74, 6) is 0.308. The van der Waals surface area contributed by atoms with Crippen molar-refractivity contribution >= 4 is 0 Å². The fourth-order valence-corrected chi connectivity index (χ4v) is 4.66. The third-order valence-corrected chi connectivity index (χ3v) is 5.82. The van der Waals surface area contributed by atoms with Gasteiger partial charge >= 0.3 is 0 Å². The summed E-state index contributed by atoms with van der Waals surface area (Å²) in [4.78, 5) is 0. The van der Waals surface area contributed by atoms with Gasteiger partial charge < -0.3 is 0 Å². The molecule has 2 heterocycles. The Labute approximate surface area is 160 Å². The average Bonchev–Trinajstić information content (AvgIpc) is 3.12. The highest BCUT2D eigenvalue weighted by molar-refractivity contribution is 5.57. The van der Waals surface area contributed by atoms with Gasteiger partial charge in [0.05, 0.1) is 5.69 Å². The first-order valence-electron chi connectivity index (χ1n) is 9.50. The Morgan fingerprint density at radius 1 is 0.778 bits per heavy atom. The monoisotopic (exact) mass is 350 g/mol. The van der Waals surface area contributed by atoms with Crippen LogP contribution in [0.3, 0.4) is 0 Å². The standard InChI is InChI=1S/C25H22N2/c1-18-17-24-19(2)22-15-9-10-16-23(22)25(27(24)26-18,20-11-5-3-6-12-20)21-13-7-4-8-14-21/h3-17,19H,1-2H3. The quantitative estimate of drug-likeness (QED) is 0.467. The van der Waals surface area contributed by atoms with Gasteiger partial charge in [0, 0.05) is 11.6 Å². The first kappa shape index (κ1) is 16.1. The van der Waals surface area contributed by atoms with Gasteiger partial charge in [0.15, 0.2) is 0 Å². The maximum Gasteiger partial charge on any atom is 0.138 e. The Balaban J connectivity index is 1.99. The first-order valence-corrected chi connectivity index (χ1v) is 9.50. The second-order valence-electron chi connectivity index (χ2n) is 7.37. The van der Waals surface area contributed by atoms with Crippen molar-refractivity contribution in [1.29, 1.82) is 0 Å². The molecule has 0 fully saturated rings. The predicted molar refractivity (Wildman–Crippen MR) is 109 cm³/mol. The molecule has 3 aromatic carbocycles. The van der Waals surface area contributed by atoms with E-state index in [0.717, 1.165) is 5.69 Å². The third-order valence-electron chi connectivity index (χ3n) is 5.82. The van der Waals surface area contributed by atoms with Crippen LogP contribution in [-0.4, -0.2) is 9.78 Å². The highest BCUT2D eigenvalue weighted by Gasteiger charge is 2.46.